The standard InChI is InChI=1S/C16H25NO2/c1-4-6-7-10-13(3)17-16(18)14-11-8-9-12-15(14)19-5-2/h8-9,11-13H,4-7,10H2,1-3H3,(H,17,18). The first kappa shape index (κ1) is 15.5. The van der Waals surface area contributed by atoms with E-state index in [-0.39, 0.29) is 11.9 Å². The number of unbranched alkanes of at least 4 members (excludes halogenated alkanes) is 2. The van der Waals surface area contributed by atoms with E-state index in [9.17, 15) is 4.79 Å². The molecule has 0 aliphatic carbocycles. The summed E-state index contributed by atoms with van der Waals surface area (Å²) in [6, 6.07) is 7.58. The van der Waals surface area contributed by atoms with Crippen LogP contribution < -0.4 is 10.1 Å². The summed E-state index contributed by atoms with van der Waals surface area (Å²) in [5.41, 5.74) is 0.617. The number of amides is 1. The lowest BCUT2D eigenvalue weighted by Crippen LogP contribution is -2.32. The fourth-order valence-electron chi connectivity index (χ4n) is 2.01. The highest BCUT2D eigenvalue weighted by atomic mass is 16.5. The number of rotatable bonds is 8. The summed E-state index contributed by atoms with van der Waals surface area (Å²) in [5.74, 6) is 0.608. The van der Waals surface area contributed by atoms with Gasteiger partial charge in [-0.3, -0.25) is 4.79 Å². The van der Waals surface area contributed by atoms with Crippen molar-refractivity contribution in [3.05, 3.63) is 29.8 Å². The summed E-state index contributed by atoms with van der Waals surface area (Å²) < 4.78 is 5.48. The summed E-state index contributed by atoms with van der Waals surface area (Å²) in [6.45, 7) is 6.72. The Kier molecular flexibility index (Phi) is 7.01. The number of hydrogen-bond acceptors (Lipinski definition) is 2. The summed E-state index contributed by atoms with van der Waals surface area (Å²) in [5, 5.41) is 3.03. The van der Waals surface area contributed by atoms with Gasteiger partial charge in [-0.15, -0.1) is 0 Å². The predicted molar refractivity (Wildman–Crippen MR) is 78.7 cm³/mol. The summed E-state index contributed by atoms with van der Waals surface area (Å²) in [6.07, 6.45) is 4.60. The highest BCUT2D eigenvalue weighted by Gasteiger charge is 2.13. The van der Waals surface area contributed by atoms with Crippen molar-refractivity contribution < 1.29 is 9.53 Å². The van der Waals surface area contributed by atoms with Crippen molar-refractivity contribution in [3.63, 3.8) is 0 Å². The molecule has 0 bridgehead atoms. The molecule has 0 aliphatic heterocycles. The van der Waals surface area contributed by atoms with E-state index in [0.29, 0.717) is 17.9 Å². The van der Waals surface area contributed by atoms with Gasteiger partial charge in [0.1, 0.15) is 5.75 Å². The monoisotopic (exact) mass is 263 g/mol. The molecular weight excluding hydrogens is 238 g/mol. The van der Waals surface area contributed by atoms with Crippen molar-refractivity contribution in [3.8, 4) is 5.75 Å². The first-order valence-electron chi connectivity index (χ1n) is 7.21. The van der Waals surface area contributed by atoms with E-state index in [2.05, 4.69) is 19.2 Å². The molecule has 0 fully saturated rings. The van der Waals surface area contributed by atoms with Crippen molar-refractivity contribution in [2.75, 3.05) is 6.61 Å². The zero-order valence-corrected chi connectivity index (χ0v) is 12.2. The van der Waals surface area contributed by atoms with Gasteiger partial charge in [-0.1, -0.05) is 38.3 Å². The minimum Gasteiger partial charge on any atom is -0.493 e. The van der Waals surface area contributed by atoms with Gasteiger partial charge in [0.25, 0.3) is 5.91 Å². The lowest BCUT2D eigenvalue weighted by atomic mass is 10.1. The van der Waals surface area contributed by atoms with Crippen molar-refractivity contribution in [1.29, 1.82) is 0 Å². The first-order valence-corrected chi connectivity index (χ1v) is 7.21. The molecule has 1 unspecified atom stereocenters. The number of hydrogen-bond donors (Lipinski definition) is 1. The molecule has 1 aromatic carbocycles. The van der Waals surface area contributed by atoms with Crippen LogP contribution in [0, 0.1) is 0 Å². The van der Waals surface area contributed by atoms with Crippen molar-refractivity contribution in [2.45, 2.75) is 52.5 Å². The van der Waals surface area contributed by atoms with Gasteiger partial charge >= 0.3 is 0 Å². The lowest BCUT2D eigenvalue weighted by molar-refractivity contribution is 0.0934. The Hall–Kier alpha value is -1.51. The summed E-state index contributed by atoms with van der Waals surface area (Å²) >= 11 is 0. The molecule has 0 saturated heterocycles. The number of ether oxygens (including phenoxy) is 1. The fraction of sp³-hybridized carbons (Fsp3) is 0.562. The average Bonchev–Trinajstić information content (AvgIpc) is 2.40. The van der Waals surface area contributed by atoms with Gasteiger partial charge in [-0.25, -0.2) is 0 Å². The Morgan fingerprint density at radius 3 is 2.68 bits per heavy atom. The van der Waals surface area contributed by atoms with E-state index in [0.717, 1.165) is 12.8 Å². The third-order valence-electron chi connectivity index (χ3n) is 3.05. The molecule has 1 N–H and O–H groups in total. The molecule has 19 heavy (non-hydrogen) atoms. The molecule has 0 saturated carbocycles. The zero-order valence-electron chi connectivity index (χ0n) is 12.2. The largest absolute Gasteiger partial charge is 0.493 e. The Morgan fingerprint density at radius 2 is 2.00 bits per heavy atom. The molecule has 1 aromatic rings. The Bertz CT molecular complexity index is 390. The summed E-state index contributed by atoms with van der Waals surface area (Å²) in [4.78, 5) is 12.2. The topological polar surface area (TPSA) is 38.3 Å². The van der Waals surface area contributed by atoms with Crippen LogP contribution in [0.2, 0.25) is 0 Å². The molecule has 0 aliphatic rings. The number of benzene rings is 1. The fourth-order valence-corrected chi connectivity index (χ4v) is 2.01. The normalized spacial score (nSPS) is 11.9. The molecule has 1 atom stereocenters. The molecule has 0 aromatic heterocycles. The molecule has 1 rings (SSSR count). The van der Waals surface area contributed by atoms with Crippen LogP contribution in [0.15, 0.2) is 24.3 Å². The maximum atomic E-state index is 12.2. The van der Waals surface area contributed by atoms with Crippen LogP contribution in [0.3, 0.4) is 0 Å². The number of carbonyl (C=O) groups excluding carboxylic acids is 1. The Labute approximate surface area is 116 Å². The second kappa shape index (κ2) is 8.57. The van der Waals surface area contributed by atoms with Crippen LogP contribution in [0.1, 0.15) is 56.8 Å². The molecule has 3 heteroatoms. The third-order valence-corrected chi connectivity index (χ3v) is 3.05. The van der Waals surface area contributed by atoms with Crippen LogP contribution in [0.5, 0.6) is 5.75 Å². The lowest BCUT2D eigenvalue weighted by Gasteiger charge is -2.15. The van der Waals surface area contributed by atoms with E-state index in [1.807, 2.05) is 25.1 Å². The van der Waals surface area contributed by atoms with E-state index >= 15 is 0 Å². The van der Waals surface area contributed by atoms with Crippen molar-refractivity contribution >= 4 is 5.91 Å². The quantitative estimate of drug-likeness (QED) is 0.725. The van der Waals surface area contributed by atoms with Crippen molar-refractivity contribution in [1.82, 2.24) is 5.32 Å². The Balaban J connectivity index is 2.57. The SMILES string of the molecule is CCCCCC(C)NC(=O)c1ccccc1OCC. The van der Waals surface area contributed by atoms with Crippen LogP contribution in [0.4, 0.5) is 0 Å². The van der Waals surface area contributed by atoms with Crippen LogP contribution in [0.25, 0.3) is 0 Å². The molecular formula is C16H25NO2. The second-order valence-corrected chi connectivity index (χ2v) is 4.80. The first-order chi connectivity index (χ1) is 9.19. The maximum Gasteiger partial charge on any atom is 0.255 e. The number of carbonyl (C=O) groups is 1. The van der Waals surface area contributed by atoms with Crippen LogP contribution in [-0.2, 0) is 0 Å². The van der Waals surface area contributed by atoms with Gasteiger partial charge in [0.15, 0.2) is 0 Å². The van der Waals surface area contributed by atoms with Gasteiger partial charge in [-0.05, 0) is 32.4 Å². The van der Waals surface area contributed by atoms with E-state index in [1.165, 1.54) is 12.8 Å². The average molecular weight is 263 g/mol. The second-order valence-electron chi connectivity index (χ2n) is 4.80. The molecule has 3 nitrogen and oxygen atoms in total. The predicted octanol–water partition coefficient (Wildman–Crippen LogP) is 3.78. The maximum absolute atomic E-state index is 12.2. The van der Waals surface area contributed by atoms with Gasteiger partial charge in [-0.2, -0.15) is 0 Å². The molecule has 0 radical (unpaired) electrons. The van der Waals surface area contributed by atoms with Gasteiger partial charge < -0.3 is 10.1 Å². The molecule has 1 amide bonds. The van der Waals surface area contributed by atoms with Gasteiger partial charge in [0.05, 0.1) is 12.2 Å². The Morgan fingerprint density at radius 1 is 1.26 bits per heavy atom. The third kappa shape index (κ3) is 5.33. The molecule has 0 spiro atoms. The van der Waals surface area contributed by atoms with E-state index in [4.69, 9.17) is 4.74 Å². The van der Waals surface area contributed by atoms with Crippen molar-refractivity contribution in [2.24, 2.45) is 0 Å². The minimum atomic E-state index is -0.0481. The van der Waals surface area contributed by atoms with E-state index < -0.39 is 0 Å². The smallest absolute Gasteiger partial charge is 0.255 e. The van der Waals surface area contributed by atoms with Gasteiger partial charge in [0, 0.05) is 6.04 Å². The number of nitrogens with one attached hydrogen (secondary N) is 1. The van der Waals surface area contributed by atoms with E-state index in [1.54, 1.807) is 6.07 Å². The van der Waals surface area contributed by atoms with Crippen LogP contribution in [-0.4, -0.2) is 18.6 Å². The molecule has 106 valence electrons. The minimum absolute atomic E-state index is 0.0481. The van der Waals surface area contributed by atoms with Gasteiger partial charge in [0.2, 0.25) is 0 Å². The summed E-state index contributed by atoms with van der Waals surface area (Å²) in [7, 11) is 0. The van der Waals surface area contributed by atoms with Crippen LogP contribution >= 0.6 is 0 Å². The number of para-hydroxylation sites is 1. The highest BCUT2D eigenvalue weighted by Crippen LogP contribution is 2.18. The molecule has 0 heterocycles. The highest BCUT2D eigenvalue weighted by molar-refractivity contribution is 5.97. The zero-order chi connectivity index (χ0) is 14.1.